The maximum atomic E-state index is 11.5. The van der Waals surface area contributed by atoms with Crippen LogP contribution < -0.4 is 5.69 Å². The summed E-state index contributed by atoms with van der Waals surface area (Å²) in [5, 5.41) is 27.2. The van der Waals surface area contributed by atoms with Crippen LogP contribution in [-0.2, 0) is 4.74 Å². The van der Waals surface area contributed by atoms with Crippen molar-refractivity contribution in [2.75, 3.05) is 6.61 Å². The summed E-state index contributed by atoms with van der Waals surface area (Å²) in [5.41, 5.74) is -0.324. The van der Waals surface area contributed by atoms with Gasteiger partial charge >= 0.3 is 5.69 Å². The first-order valence-corrected chi connectivity index (χ1v) is 5.08. The van der Waals surface area contributed by atoms with Gasteiger partial charge in [0.15, 0.2) is 0 Å². The van der Waals surface area contributed by atoms with Crippen molar-refractivity contribution in [3.63, 3.8) is 0 Å². The second kappa shape index (κ2) is 4.63. The first-order chi connectivity index (χ1) is 8.15. The summed E-state index contributed by atoms with van der Waals surface area (Å²) in [6.07, 6.45) is 0.442. The minimum atomic E-state index is -0.831. The fourth-order valence-corrected chi connectivity index (χ4v) is 1.74. The molecule has 7 heteroatoms. The molecule has 1 aromatic heterocycles. The van der Waals surface area contributed by atoms with Gasteiger partial charge in [0.2, 0.25) is 0 Å². The lowest BCUT2D eigenvalue weighted by atomic mass is 10.2. The highest BCUT2D eigenvalue weighted by atomic mass is 16.5. The molecule has 1 fully saturated rings. The summed E-state index contributed by atoms with van der Waals surface area (Å²) < 4.78 is 6.45. The van der Waals surface area contributed by atoms with E-state index in [0.29, 0.717) is 0 Å². The normalized spacial score (nSPS) is 27.9. The predicted molar refractivity (Wildman–Crippen MR) is 54.8 cm³/mol. The Bertz CT molecular complexity index is 507. The van der Waals surface area contributed by atoms with Gasteiger partial charge < -0.3 is 14.9 Å². The number of hydrogen-bond acceptors (Lipinski definition) is 6. The number of hydrogen-bond donors (Lipinski definition) is 2. The van der Waals surface area contributed by atoms with Gasteiger partial charge in [-0.3, -0.25) is 4.57 Å². The molecule has 1 saturated heterocycles. The maximum Gasteiger partial charge on any atom is 0.349 e. The molecular formula is C10H11N3O4. The van der Waals surface area contributed by atoms with Crippen LogP contribution >= 0.6 is 0 Å². The highest BCUT2D eigenvalue weighted by molar-refractivity contribution is 5.21. The molecule has 0 spiro atoms. The second-order valence-corrected chi connectivity index (χ2v) is 3.76. The molecule has 1 aliphatic rings. The Morgan fingerprint density at radius 1 is 1.71 bits per heavy atom. The largest absolute Gasteiger partial charge is 0.394 e. The summed E-state index contributed by atoms with van der Waals surface area (Å²) in [5.74, 6) is 0. The molecule has 0 unspecified atom stereocenters. The Hall–Kier alpha value is -1.75. The van der Waals surface area contributed by atoms with Gasteiger partial charge in [-0.1, -0.05) is 0 Å². The number of aliphatic hydroxyl groups excluding tert-OH is 2. The minimum absolute atomic E-state index is 0.182. The van der Waals surface area contributed by atoms with Crippen molar-refractivity contribution in [3.8, 4) is 6.07 Å². The van der Waals surface area contributed by atoms with Crippen molar-refractivity contribution in [2.24, 2.45) is 0 Å². The van der Waals surface area contributed by atoms with Crippen LogP contribution in [0.3, 0.4) is 0 Å². The smallest absolute Gasteiger partial charge is 0.349 e. The molecule has 0 aliphatic carbocycles. The molecule has 0 saturated carbocycles. The third-order valence-corrected chi connectivity index (χ3v) is 2.64. The molecular weight excluding hydrogens is 226 g/mol. The summed E-state index contributed by atoms with van der Waals surface area (Å²) in [6, 6.07) is 1.86. The molecule has 2 rings (SSSR count). The zero-order valence-corrected chi connectivity index (χ0v) is 8.85. The lowest BCUT2D eigenvalue weighted by Gasteiger charge is -2.13. The van der Waals surface area contributed by atoms with Gasteiger partial charge in [0.25, 0.3) is 0 Å². The molecule has 3 atom stereocenters. The fraction of sp³-hybridized carbons (Fsp3) is 0.500. The molecule has 0 bridgehead atoms. The topological polar surface area (TPSA) is 108 Å². The molecule has 2 heterocycles. The number of aliphatic hydroxyl groups is 2. The minimum Gasteiger partial charge on any atom is -0.394 e. The van der Waals surface area contributed by atoms with Gasteiger partial charge in [-0.25, -0.2) is 9.78 Å². The van der Waals surface area contributed by atoms with Crippen molar-refractivity contribution in [1.29, 1.82) is 5.26 Å². The van der Waals surface area contributed by atoms with Crippen molar-refractivity contribution in [1.82, 2.24) is 9.55 Å². The SMILES string of the molecule is N#Cc1cnc(=O)n([C@H]2C[C@H](O)[C@@H](CO)O2)c1. The van der Waals surface area contributed by atoms with E-state index in [4.69, 9.17) is 15.1 Å². The highest BCUT2D eigenvalue weighted by Crippen LogP contribution is 2.27. The molecule has 0 amide bonds. The number of aromatic nitrogens is 2. The van der Waals surface area contributed by atoms with Crippen LogP contribution in [0.4, 0.5) is 0 Å². The van der Waals surface area contributed by atoms with Crippen LogP contribution in [0.1, 0.15) is 18.2 Å². The van der Waals surface area contributed by atoms with Gasteiger partial charge in [-0.05, 0) is 0 Å². The molecule has 1 aliphatic heterocycles. The Balaban J connectivity index is 2.30. The van der Waals surface area contributed by atoms with E-state index in [0.717, 1.165) is 4.57 Å². The quantitative estimate of drug-likeness (QED) is 0.665. The highest BCUT2D eigenvalue weighted by Gasteiger charge is 2.34. The van der Waals surface area contributed by atoms with Gasteiger partial charge in [0.05, 0.1) is 24.5 Å². The van der Waals surface area contributed by atoms with Gasteiger partial charge in [-0.15, -0.1) is 0 Å². The van der Waals surface area contributed by atoms with E-state index >= 15 is 0 Å². The number of nitrogens with zero attached hydrogens (tertiary/aromatic N) is 3. The van der Waals surface area contributed by atoms with E-state index in [1.807, 2.05) is 6.07 Å². The summed E-state index contributed by atoms with van der Waals surface area (Å²) >= 11 is 0. The number of ether oxygens (including phenoxy) is 1. The average Bonchev–Trinajstić information content (AvgIpc) is 2.71. The molecule has 1 aromatic rings. The zero-order valence-electron chi connectivity index (χ0n) is 8.85. The van der Waals surface area contributed by atoms with Crippen LogP contribution in [-0.4, -0.2) is 38.6 Å². The lowest BCUT2D eigenvalue weighted by Crippen LogP contribution is -2.27. The van der Waals surface area contributed by atoms with Gasteiger partial charge in [0, 0.05) is 12.6 Å². The average molecular weight is 237 g/mol. The van der Waals surface area contributed by atoms with Crippen LogP contribution in [0.5, 0.6) is 0 Å². The lowest BCUT2D eigenvalue weighted by molar-refractivity contribution is -0.0459. The first kappa shape index (κ1) is 11.7. The third kappa shape index (κ3) is 2.19. The Kier molecular flexibility index (Phi) is 3.19. The van der Waals surface area contributed by atoms with E-state index in [1.165, 1.54) is 12.4 Å². The summed E-state index contributed by atoms with van der Waals surface area (Å²) in [7, 11) is 0. The number of rotatable bonds is 2. The van der Waals surface area contributed by atoms with Gasteiger partial charge in [0.1, 0.15) is 18.4 Å². The van der Waals surface area contributed by atoms with E-state index in [9.17, 15) is 9.90 Å². The fourth-order valence-electron chi connectivity index (χ4n) is 1.74. The Labute approximate surface area is 96.5 Å². The monoisotopic (exact) mass is 237 g/mol. The first-order valence-electron chi connectivity index (χ1n) is 5.08. The predicted octanol–water partition coefficient (Wildman–Crippen LogP) is -1.24. The van der Waals surface area contributed by atoms with E-state index in [1.54, 1.807) is 0 Å². The van der Waals surface area contributed by atoms with Crippen molar-refractivity contribution in [2.45, 2.75) is 24.9 Å². The Morgan fingerprint density at radius 2 is 2.47 bits per heavy atom. The third-order valence-electron chi connectivity index (χ3n) is 2.64. The van der Waals surface area contributed by atoms with Crippen molar-refractivity contribution < 1.29 is 14.9 Å². The standard InChI is InChI=1S/C10H11N3O4/c11-2-6-3-12-10(16)13(4-6)9-1-7(15)8(5-14)17-9/h3-4,7-9,14-15H,1,5H2/t7-,8+,9+/m0/s1. The van der Waals surface area contributed by atoms with Crippen LogP contribution in [0.2, 0.25) is 0 Å². The Morgan fingerprint density at radius 3 is 3.06 bits per heavy atom. The van der Waals surface area contributed by atoms with E-state index in [2.05, 4.69) is 4.98 Å². The van der Waals surface area contributed by atoms with Crippen LogP contribution in [0.25, 0.3) is 0 Å². The van der Waals surface area contributed by atoms with Crippen molar-refractivity contribution >= 4 is 0 Å². The van der Waals surface area contributed by atoms with Crippen molar-refractivity contribution in [3.05, 3.63) is 28.4 Å². The zero-order chi connectivity index (χ0) is 12.4. The number of nitriles is 1. The van der Waals surface area contributed by atoms with E-state index in [-0.39, 0.29) is 18.6 Å². The molecule has 2 N–H and O–H groups in total. The van der Waals surface area contributed by atoms with Gasteiger partial charge in [-0.2, -0.15) is 5.26 Å². The molecule has 0 radical (unpaired) electrons. The van der Waals surface area contributed by atoms with Crippen LogP contribution in [0, 0.1) is 11.3 Å². The summed E-state index contributed by atoms with van der Waals surface area (Å²) in [6.45, 7) is -0.322. The summed E-state index contributed by atoms with van der Waals surface area (Å²) in [4.78, 5) is 15.0. The molecule has 0 aromatic carbocycles. The molecule has 7 nitrogen and oxygen atoms in total. The molecule has 17 heavy (non-hydrogen) atoms. The molecule has 90 valence electrons. The second-order valence-electron chi connectivity index (χ2n) is 3.76. The maximum absolute atomic E-state index is 11.5. The van der Waals surface area contributed by atoms with E-state index < -0.39 is 24.1 Å². The van der Waals surface area contributed by atoms with Crippen LogP contribution in [0.15, 0.2) is 17.2 Å².